The van der Waals surface area contributed by atoms with E-state index in [2.05, 4.69) is 4.98 Å². The Labute approximate surface area is 90.4 Å². The fourth-order valence-corrected chi connectivity index (χ4v) is 1.34. The minimum Gasteiger partial charge on any atom is -0.476 e. The molecule has 1 aromatic carbocycles. The van der Waals surface area contributed by atoms with Gasteiger partial charge < -0.3 is 9.52 Å². The fourth-order valence-electron chi connectivity index (χ4n) is 1.34. The number of aromatic nitrogens is 1. The lowest BCUT2D eigenvalue weighted by atomic mass is 10.1. The quantitative estimate of drug-likeness (QED) is 0.846. The summed E-state index contributed by atoms with van der Waals surface area (Å²) < 4.78 is 18.2. The summed E-state index contributed by atoms with van der Waals surface area (Å²) in [5, 5.41) is 8.82. The highest BCUT2D eigenvalue weighted by Crippen LogP contribution is 2.24. The molecule has 5 heteroatoms. The molecular weight excluding hydrogens is 213 g/mol. The zero-order valence-corrected chi connectivity index (χ0v) is 8.40. The SMILES string of the molecule is Cc1ccc(-c2ocnc2C(=O)O)cc1F. The van der Waals surface area contributed by atoms with Crippen molar-refractivity contribution < 1.29 is 18.7 Å². The Bertz CT molecular complexity index is 548. The number of nitrogens with zero attached hydrogens (tertiary/aromatic N) is 1. The molecule has 4 nitrogen and oxygen atoms in total. The van der Waals surface area contributed by atoms with Gasteiger partial charge in [-0.05, 0) is 18.6 Å². The van der Waals surface area contributed by atoms with Gasteiger partial charge in [0, 0.05) is 5.56 Å². The summed E-state index contributed by atoms with van der Waals surface area (Å²) in [7, 11) is 0. The van der Waals surface area contributed by atoms with Gasteiger partial charge in [-0.1, -0.05) is 12.1 Å². The van der Waals surface area contributed by atoms with Crippen molar-refractivity contribution >= 4 is 5.97 Å². The molecule has 0 amide bonds. The molecule has 2 aromatic rings. The Morgan fingerprint density at radius 1 is 1.50 bits per heavy atom. The van der Waals surface area contributed by atoms with E-state index in [0.29, 0.717) is 11.1 Å². The molecule has 0 unspecified atom stereocenters. The van der Waals surface area contributed by atoms with Gasteiger partial charge in [0.1, 0.15) is 5.82 Å². The van der Waals surface area contributed by atoms with Crippen molar-refractivity contribution in [2.75, 3.05) is 0 Å². The molecule has 0 aliphatic rings. The van der Waals surface area contributed by atoms with Crippen molar-refractivity contribution in [3.05, 3.63) is 41.7 Å². The van der Waals surface area contributed by atoms with Crippen LogP contribution < -0.4 is 0 Å². The van der Waals surface area contributed by atoms with Gasteiger partial charge in [-0.3, -0.25) is 0 Å². The highest BCUT2D eigenvalue weighted by Gasteiger charge is 2.17. The second-order valence-electron chi connectivity index (χ2n) is 3.30. The van der Waals surface area contributed by atoms with E-state index in [-0.39, 0.29) is 11.5 Å². The van der Waals surface area contributed by atoms with Crippen LogP contribution in [0, 0.1) is 12.7 Å². The molecule has 16 heavy (non-hydrogen) atoms. The third kappa shape index (κ3) is 1.67. The van der Waals surface area contributed by atoms with E-state index in [1.54, 1.807) is 19.1 Å². The molecule has 0 aliphatic carbocycles. The molecule has 1 N–H and O–H groups in total. The van der Waals surface area contributed by atoms with Crippen molar-refractivity contribution in [2.24, 2.45) is 0 Å². The molecule has 0 saturated heterocycles. The first-order valence-corrected chi connectivity index (χ1v) is 4.53. The number of benzene rings is 1. The standard InChI is InChI=1S/C11H8FNO3/c1-6-2-3-7(4-8(6)12)10-9(11(14)15)13-5-16-10/h2-5H,1H3,(H,14,15). The van der Waals surface area contributed by atoms with E-state index in [0.717, 1.165) is 6.39 Å². The van der Waals surface area contributed by atoms with Crippen LogP contribution in [0.25, 0.3) is 11.3 Å². The summed E-state index contributed by atoms with van der Waals surface area (Å²) in [5.41, 5.74) is 0.626. The van der Waals surface area contributed by atoms with Crippen molar-refractivity contribution in [3.63, 3.8) is 0 Å². The summed E-state index contributed by atoms with van der Waals surface area (Å²) in [5.74, 6) is -1.55. The monoisotopic (exact) mass is 221 g/mol. The van der Waals surface area contributed by atoms with Crippen LogP contribution in [0.5, 0.6) is 0 Å². The number of carbonyl (C=O) groups is 1. The molecule has 1 heterocycles. The molecule has 1 aromatic heterocycles. The molecule has 82 valence electrons. The Morgan fingerprint density at radius 3 is 2.88 bits per heavy atom. The van der Waals surface area contributed by atoms with E-state index >= 15 is 0 Å². The van der Waals surface area contributed by atoms with Gasteiger partial charge in [0.05, 0.1) is 0 Å². The maximum atomic E-state index is 13.3. The Hall–Kier alpha value is -2.17. The highest BCUT2D eigenvalue weighted by atomic mass is 19.1. The van der Waals surface area contributed by atoms with Crippen LogP contribution >= 0.6 is 0 Å². The number of aromatic carboxylic acids is 1. The lowest BCUT2D eigenvalue weighted by Gasteiger charge is -2.00. The zero-order valence-electron chi connectivity index (χ0n) is 8.40. The fraction of sp³-hybridized carbons (Fsp3) is 0.0909. The average molecular weight is 221 g/mol. The first-order valence-electron chi connectivity index (χ1n) is 4.53. The molecule has 0 spiro atoms. The van der Waals surface area contributed by atoms with Crippen LogP contribution in [0.4, 0.5) is 4.39 Å². The van der Waals surface area contributed by atoms with Crippen molar-refractivity contribution in [1.82, 2.24) is 4.98 Å². The minimum atomic E-state index is -1.20. The lowest BCUT2D eigenvalue weighted by Crippen LogP contribution is -1.98. The number of hydrogen-bond donors (Lipinski definition) is 1. The summed E-state index contributed by atoms with van der Waals surface area (Å²) in [4.78, 5) is 14.3. The summed E-state index contributed by atoms with van der Waals surface area (Å²) in [6, 6.07) is 4.37. The maximum absolute atomic E-state index is 13.3. The maximum Gasteiger partial charge on any atom is 0.358 e. The van der Waals surface area contributed by atoms with Gasteiger partial charge in [0.25, 0.3) is 0 Å². The highest BCUT2D eigenvalue weighted by molar-refractivity contribution is 5.92. The minimum absolute atomic E-state index is 0.0615. The predicted molar refractivity (Wildman–Crippen MR) is 53.6 cm³/mol. The third-order valence-electron chi connectivity index (χ3n) is 2.20. The summed E-state index contributed by atoms with van der Waals surface area (Å²) in [6.07, 6.45) is 1.02. The second kappa shape index (κ2) is 3.77. The number of aryl methyl sites for hydroxylation is 1. The molecule has 2 rings (SSSR count). The van der Waals surface area contributed by atoms with E-state index in [1.807, 2.05) is 0 Å². The summed E-state index contributed by atoms with van der Waals surface area (Å²) >= 11 is 0. The van der Waals surface area contributed by atoms with E-state index < -0.39 is 11.8 Å². The van der Waals surface area contributed by atoms with Gasteiger partial charge in [0.15, 0.2) is 17.8 Å². The molecule has 0 saturated carbocycles. The average Bonchev–Trinajstić information content (AvgIpc) is 2.71. The van der Waals surface area contributed by atoms with Gasteiger partial charge in [-0.25, -0.2) is 14.2 Å². The number of oxazole rings is 1. The summed E-state index contributed by atoms with van der Waals surface area (Å²) in [6.45, 7) is 1.62. The van der Waals surface area contributed by atoms with Gasteiger partial charge in [-0.15, -0.1) is 0 Å². The van der Waals surface area contributed by atoms with E-state index in [4.69, 9.17) is 9.52 Å². The van der Waals surface area contributed by atoms with Crippen LogP contribution in [0.15, 0.2) is 29.0 Å². The smallest absolute Gasteiger partial charge is 0.358 e. The first-order chi connectivity index (χ1) is 7.59. The molecule has 0 fully saturated rings. The zero-order chi connectivity index (χ0) is 11.7. The number of carboxylic acid groups (broad SMARTS) is 1. The Balaban J connectivity index is 2.54. The Morgan fingerprint density at radius 2 is 2.25 bits per heavy atom. The van der Waals surface area contributed by atoms with Crippen LogP contribution in [-0.4, -0.2) is 16.1 Å². The van der Waals surface area contributed by atoms with Crippen molar-refractivity contribution in [2.45, 2.75) is 6.92 Å². The number of rotatable bonds is 2. The van der Waals surface area contributed by atoms with Crippen molar-refractivity contribution in [3.8, 4) is 11.3 Å². The number of hydrogen-bond acceptors (Lipinski definition) is 3. The second-order valence-corrected chi connectivity index (χ2v) is 3.30. The molecule has 0 atom stereocenters. The van der Waals surface area contributed by atoms with Gasteiger partial charge in [-0.2, -0.15) is 0 Å². The van der Waals surface area contributed by atoms with Crippen molar-refractivity contribution in [1.29, 1.82) is 0 Å². The van der Waals surface area contributed by atoms with Gasteiger partial charge >= 0.3 is 5.97 Å². The largest absolute Gasteiger partial charge is 0.476 e. The predicted octanol–water partition coefficient (Wildman–Crippen LogP) is 2.49. The lowest BCUT2D eigenvalue weighted by molar-refractivity contribution is 0.0691. The van der Waals surface area contributed by atoms with Crippen LogP contribution in [0.2, 0.25) is 0 Å². The number of halogens is 1. The molecule has 0 radical (unpaired) electrons. The van der Waals surface area contributed by atoms with E-state index in [1.165, 1.54) is 6.07 Å². The Kier molecular flexibility index (Phi) is 2.44. The first kappa shape index (κ1) is 10.4. The van der Waals surface area contributed by atoms with Crippen LogP contribution in [-0.2, 0) is 0 Å². The number of carboxylic acids is 1. The molecular formula is C11H8FNO3. The van der Waals surface area contributed by atoms with Crippen LogP contribution in [0.1, 0.15) is 16.1 Å². The third-order valence-corrected chi connectivity index (χ3v) is 2.20. The molecule has 0 aliphatic heterocycles. The van der Waals surface area contributed by atoms with Crippen LogP contribution in [0.3, 0.4) is 0 Å². The van der Waals surface area contributed by atoms with Gasteiger partial charge in [0.2, 0.25) is 0 Å². The van der Waals surface area contributed by atoms with E-state index in [9.17, 15) is 9.18 Å². The molecule has 0 bridgehead atoms. The topological polar surface area (TPSA) is 63.3 Å². The normalized spacial score (nSPS) is 10.4.